The van der Waals surface area contributed by atoms with Crippen LogP contribution in [-0.2, 0) is 0 Å². The summed E-state index contributed by atoms with van der Waals surface area (Å²) in [6, 6.07) is 11.4. The zero-order chi connectivity index (χ0) is 16.1. The molecule has 114 valence electrons. The predicted octanol–water partition coefficient (Wildman–Crippen LogP) is 5.07. The van der Waals surface area contributed by atoms with Gasteiger partial charge in [-0.3, -0.25) is 9.59 Å². The predicted molar refractivity (Wildman–Crippen MR) is 92.0 cm³/mol. The van der Waals surface area contributed by atoms with Gasteiger partial charge in [-0.2, -0.15) is 0 Å². The molecule has 4 rings (SSSR count). The SMILES string of the molecule is CC1CCC(C=C2C(=O)c3cc4ccccc4cc3C2=O)=C1Cl. The summed E-state index contributed by atoms with van der Waals surface area (Å²) >= 11 is 6.31. The summed E-state index contributed by atoms with van der Waals surface area (Å²) in [5, 5.41) is 2.72. The third-order valence-corrected chi connectivity index (χ3v) is 5.38. The normalized spacial score (nSPS) is 20.6. The van der Waals surface area contributed by atoms with Crippen molar-refractivity contribution in [2.45, 2.75) is 19.8 Å². The van der Waals surface area contributed by atoms with Crippen molar-refractivity contribution < 1.29 is 9.59 Å². The number of ketones is 2. The van der Waals surface area contributed by atoms with Crippen LogP contribution in [0, 0.1) is 5.92 Å². The molecular formula is C20H15ClO2. The number of rotatable bonds is 1. The third kappa shape index (κ3) is 2.17. The second-order valence-electron chi connectivity index (χ2n) is 6.27. The van der Waals surface area contributed by atoms with E-state index in [1.807, 2.05) is 36.4 Å². The maximum absolute atomic E-state index is 12.7. The molecule has 23 heavy (non-hydrogen) atoms. The lowest BCUT2D eigenvalue weighted by Crippen LogP contribution is -2.01. The van der Waals surface area contributed by atoms with Crippen molar-refractivity contribution in [2.24, 2.45) is 5.92 Å². The van der Waals surface area contributed by atoms with Gasteiger partial charge in [-0.05, 0) is 53.3 Å². The average molecular weight is 323 g/mol. The molecule has 0 fully saturated rings. The first-order valence-corrected chi connectivity index (χ1v) is 8.16. The van der Waals surface area contributed by atoms with Gasteiger partial charge in [0.25, 0.3) is 0 Å². The quantitative estimate of drug-likeness (QED) is 0.542. The van der Waals surface area contributed by atoms with Crippen molar-refractivity contribution in [2.75, 3.05) is 0 Å². The van der Waals surface area contributed by atoms with Gasteiger partial charge >= 0.3 is 0 Å². The number of Topliss-reactive ketones (excluding diaryl/α,β-unsaturated/α-hetero) is 2. The Kier molecular flexibility index (Phi) is 3.24. The molecular weight excluding hydrogens is 308 g/mol. The highest BCUT2D eigenvalue weighted by Crippen LogP contribution is 2.37. The molecule has 2 nitrogen and oxygen atoms in total. The molecule has 2 aliphatic carbocycles. The smallest absolute Gasteiger partial charge is 0.197 e. The number of fused-ring (bicyclic) bond motifs is 2. The molecule has 0 aromatic heterocycles. The molecule has 0 aliphatic heterocycles. The van der Waals surface area contributed by atoms with Gasteiger partial charge in [-0.15, -0.1) is 0 Å². The van der Waals surface area contributed by atoms with Crippen LogP contribution in [0.1, 0.15) is 40.5 Å². The van der Waals surface area contributed by atoms with Crippen molar-refractivity contribution >= 4 is 33.9 Å². The maximum atomic E-state index is 12.7. The van der Waals surface area contributed by atoms with E-state index in [0.717, 1.165) is 34.2 Å². The molecule has 0 amide bonds. The zero-order valence-electron chi connectivity index (χ0n) is 12.7. The van der Waals surface area contributed by atoms with E-state index >= 15 is 0 Å². The Morgan fingerprint density at radius 2 is 1.61 bits per heavy atom. The standard InChI is InChI=1S/C20H15ClO2/c1-11-6-7-14(18(11)21)10-17-19(22)15-8-12-4-2-3-5-13(12)9-16(15)20(17)23/h2-5,8-11H,6-7H2,1H3. The molecule has 0 radical (unpaired) electrons. The van der Waals surface area contributed by atoms with E-state index in [2.05, 4.69) is 6.92 Å². The monoisotopic (exact) mass is 322 g/mol. The Morgan fingerprint density at radius 1 is 1.04 bits per heavy atom. The fourth-order valence-electron chi connectivity index (χ4n) is 3.39. The highest BCUT2D eigenvalue weighted by Gasteiger charge is 2.34. The lowest BCUT2D eigenvalue weighted by Gasteiger charge is -2.00. The number of hydrogen-bond donors (Lipinski definition) is 0. The van der Waals surface area contributed by atoms with E-state index < -0.39 is 0 Å². The summed E-state index contributed by atoms with van der Waals surface area (Å²) in [7, 11) is 0. The van der Waals surface area contributed by atoms with E-state index in [1.165, 1.54) is 0 Å². The van der Waals surface area contributed by atoms with Gasteiger partial charge in [0.15, 0.2) is 11.6 Å². The lowest BCUT2D eigenvalue weighted by atomic mass is 10.0. The van der Waals surface area contributed by atoms with Crippen molar-refractivity contribution in [1.82, 2.24) is 0 Å². The zero-order valence-corrected chi connectivity index (χ0v) is 13.5. The Labute approximate surface area is 139 Å². The van der Waals surface area contributed by atoms with Crippen LogP contribution >= 0.6 is 11.6 Å². The molecule has 2 aromatic carbocycles. The number of carbonyl (C=O) groups excluding carboxylic acids is 2. The molecule has 3 heteroatoms. The molecule has 0 bridgehead atoms. The first kappa shape index (κ1) is 14.4. The molecule has 2 aromatic rings. The largest absolute Gasteiger partial charge is 0.288 e. The Hall–Kier alpha value is -2.19. The lowest BCUT2D eigenvalue weighted by molar-refractivity contribution is 0.0988. The van der Waals surface area contributed by atoms with Crippen LogP contribution in [0.4, 0.5) is 0 Å². The van der Waals surface area contributed by atoms with Gasteiger partial charge in [-0.25, -0.2) is 0 Å². The number of halogens is 1. The molecule has 1 atom stereocenters. The summed E-state index contributed by atoms with van der Waals surface area (Å²) in [5.41, 5.74) is 2.18. The highest BCUT2D eigenvalue weighted by molar-refractivity contribution is 6.40. The minimum atomic E-state index is -0.188. The first-order chi connectivity index (χ1) is 11.1. The molecule has 1 unspecified atom stereocenters. The molecule has 0 spiro atoms. The van der Waals surface area contributed by atoms with Crippen LogP contribution in [0.2, 0.25) is 0 Å². The summed E-state index contributed by atoms with van der Waals surface area (Å²) in [5.74, 6) is -0.0698. The number of allylic oxidation sites excluding steroid dienone is 4. The number of carbonyl (C=O) groups is 2. The third-order valence-electron chi connectivity index (χ3n) is 4.77. The van der Waals surface area contributed by atoms with Crippen LogP contribution < -0.4 is 0 Å². The minimum Gasteiger partial charge on any atom is -0.288 e. The van der Waals surface area contributed by atoms with E-state index in [1.54, 1.807) is 6.08 Å². The molecule has 0 N–H and O–H groups in total. The summed E-state index contributed by atoms with van der Waals surface area (Å²) in [6.07, 6.45) is 3.50. The fraction of sp³-hybridized carbons (Fsp3) is 0.200. The molecule has 0 heterocycles. The summed E-state index contributed by atoms with van der Waals surface area (Å²) in [4.78, 5) is 25.3. The first-order valence-electron chi connectivity index (χ1n) is 7.78. The molecule has 2 aliphatic rings. The highest BCUT2D eigenvalue weighted by atomic mass is 35.5. The average Bonchev–Trinajstić information content (AvgIpc) is 2.99. The van der Waals surface area contributed by atoms with Crippen molar-refractivity contribution in [3.63, 3.8) is 0 Å². The second-order valence-corrected chi connectivity index (χ2v) is 6.68. The number of hydrogen-bond acceptors (Lipinski definition) is 2. The van der Waals surface area contributed by atoms with Gasteiger partial charge in [0.2, 0.25) is 0 Å². The van der Waals surface area contributed by atoms with E-state index in [4.69, 9.17) is 11.6 Å². The Morgan fingerprint density at radius 3 is 2.09 bits per heavy atom. The van der Waals surface area contributed by atoms with E-state index in [-0.39, 0.29) is 17.1 Å². The maximum Gasteiger partial charge on any atom is 0.197 e. The summed E-state index contributed by atoms with van der Waals surface area (Å²) in [6.45, 7) is 2.06. The Bertz CT molecular complexity index is 877. The second kappa shape index (κ2) is 5.17. The number of benzene rings is 2. The van der Waals surface area contributed by atoms with Crippen molar-refractivity contribution in [3.8, 4) is 0 Å². The van der Waals surface area contributed by atoms with Crippen molar-refractivity contribution in [1.29, 1.82) is 0 Å². The van der Waals surface area contributed by atoms with Gasteiger partial charge in [0, 0.05) is 16.2 Å². The molecule has 0 saturated heterocycles. The van der Waals surface area contributed by atoms with Crippen LogP contribution in [0.15, 0.2) is 58.7 Å². The van der Waals surface area contributed by atoms with Crippen LogP contribution in [0.5, 0.6) is 0 Å². The topological polar surface area (TPSA) is 34.1 Å². The van der Waals surface area contributed by atoms with Gasteiger partial charge in [0.1, 0.15) is 0 Å². The molecule has 0 saturated carbocycles. The fourth-order valence-corrected chi connectivity index (χ4v) is 3.65. The van der Waals surface area contributed by atoms with Gasteiger partial charge in [0.05, 0.1) is 5.57 Å². The van der Waals surface area contributed by atoms with Gasteiger partial charge in [-0.1, -0.05) is 42.8 Å². The Balaban J connectivity index is 1.85. The van der Waals surface area contributed by atoms with Crippen LogP contribution in [0.3, 0.4) is 0 Å². The van der Waals surface area contributed by atoms with Crippen LogP contribution in [0.25, 0.3) is 10.8 Å². The summed E-state index contributed by atoms with van der Waals surface area (Å²) < 4.78 is 0. The van der Waals surface area contributed by atoms with E-state index in [0.29, 0.717) is 17.0 Å². The van der Waals surface area contributed by atoms with Gasteiger partial charge < -0.3 is 0 Å². The minimum absolute atomic E-state index is 0.188. The van der Waals surface area contributed by atoms with E-state index in [9.17, 15) is 9.59 Å². The van der Waals surface area contributed by atoms with Crippen LogP contribution in [-0.4, -0.2) is 11.6 Å². The van der Waals surface area contributed by atoms with Crippen molar-refractivity contribution in [3.05, 3.63) is 69.8 Å².